The zero-order chi connectivity index (χ0) is 11.8. The molecule has 0 aromatic heterocycles. The monoisotopic (exact) mass is 259 g/mol. The van der Waals surface area contributed by atoms with Gasteiger partial charge in [0.25, 0.3) is 0 Å². The summed E-state index contributed by atoms with van der Waals surface area (Å²) in [6, 6.07) is 5.80. The van der Waals surface area contributed by atoms with Gasteiger partial charge in [0.05, 0.1) is 16.7 Å². The van der Waals surface area contributed by atoms with Gasteiger partial charge in [-0.15, -0.1) is 0 Å². The first-order valence-corrected chi connectivity index (χ1v) is 6.15. The van der Waals surface area contributed by atoms with Crippen LogP contribution in [0.4, 0.5) is 0 Å². The molecule has 0 amide bonds. The van der Waals surface area contributed by atoms with Gasteiger partial charge >= 0.3 is 0 Å². The lowest BCUT2D eigenvalue weighted by Gasteiger charge is -2.21. The standard InChI is InChI=1S/C12H15Cl2NO/c1-8(15-12(7-16)4-5-12)9-2-3-10(13)11(14)6-9/h2-3,6,8,15-16H,4-5,7H2,1H3. The van der Waals surface area contributed by atoms with E-state index in [0.717, 1.165) is 18.4 Å². The maximum Gasteiger partial charge on any atom is 0.0613 e. The highest BCUT2D eigenvalue weighted by Crippen LogP contribution is 2.37. The molecule has 0 bridgehead atoms. The molecule has 2 rings (SSSR count). The fourth-order valence-electron chi connectivity index (χ4n) is 1.82. The van der Waals surface area contributed by atoms with Gasteiger partial charge in [0.1, 0.15) is 0 Å². The Labute approximate surface area is 106 Å². The molecule has 0 spiro atoms. The number of halogens is 2. The Kier molecular flexibility index (Phi) is 3.45. The Morgan fingerprint density at radius 1 is 1.38 bits per heavy atom. The van der Waals surface area contributed by atoms with Crippen LogP contribution in [0.2, 0.25) is 10.0 Å². The summed E-state index contributed by atoms with van der Waals surface area (Å²) in [7, 11) is 0. The van der Waals surface area contributed by atoms with E-state index in [-0.39, 0.29) is 18.2 Å². The van der Waals surface area contributed by atoms with Gasteiger partial charge in [-0.25, -0.2) is 0 Å². The van der Waals surface area contributed by atoms with E-state index >= 15 is 0 Å². The third-order valence-electron chi connectivity index (χ3n) is 3.12. The van der Waals surface area contributed by atoms with Crippen molar-refractivity contribution in [2.24, 2.45) is 0 Å². The summed E-state index contributed by atoms with van der Waals surface area (Å²) in [4.78, 5) is 0. The van der Waals surface area contributed by atoms with Crippen LogP contribution < -0.4 is 5.32 Å². The molecule has 1 aromatic rings. The Hall–Kier alpha value is -0.280. The number of aliphatic hydroxyl groups excluding tert-OH is 1. The smallest absolute Gasteiger partial charge is 0.0613 e. The maximum absolute atomic E-state index is 9.24. The minimum absolute atomic E-state index is 0.0640. The summed E-state index contributed by atoms with van der Waals surface area (Å²) in [6.45, 7) is 2.26. The van der Waals surface area contributed by atoms with Gasteiger partial charge < -0.3 is 10.4 Å². The second kappa shape index (κ2) is 4.53. The molecule has 0 radical (unpaired) electrons. The molecule has 1 saturated carbocycles. The predicted octanol–water partition coefficient (Wildman–Crippen LogP) is 3.17. The van der Waals surface area contributed by atoms with Crippen molar-refractivity contribution >= 4 is 23.2 Å². The summed E-state index contributed by atoms with van der Waals surface area (Å²) >= 11 is 11.8. The molecule has 2 N–H and O–H groups in total. The molecule has 88 valence electrons. The highest BCUT2D eigenvalue weighted by atomic mass is 35.5. The third-order valence-corrected chi connectivity index (χ3v) is 3.86. The Bertz CT molecular complexity index is 391. The van der Waals surface area contributed by atoms with E-state index in [9.17, 15) is 5.11 Å². The van der Waals surface area contributed by atoms with E-state index in [2.05, 4.69) is 12.2 Å². The molecule has 16 heavy (non-hydrogen) atoms. The third kappa shape index (κ3) is 2.51. The van der Waals surface area contributed by atoms with Gasteiger partial charge in [0, 0.05) is 11.6 Å². The summed E-state index contributed by atoms with van der Waals surface area (Å²) in [5, 5.41) is 13.8. The number of hydrogen-bond acceptors (Lipinski definition) is 2. The highest BCUT2D eigenvalue weighted by molar-refractivity contribution is 6.42. The van der Waals surface area contributed by atoms with Crippen molar-refractivity contribution in [2.75, 3.05) is 6.61 Å². The van der Waals surface area contributed by atoms with Crippen molar-refractivity contribution in [3.63, 3.8) is 0 Å². The molecule has 1 aliphatic rings. The van der Waals surface area contributed by atoms with Crippen molar-refractivity contribution in [3.05, 3.63) is 33.8 Å². The van der Waals surface area contributed by atoms with Crippen molar-refractivity contribution in [2.45, 2.75) is 31.3 Å². The van der Waals surface area contributed by atoms with Gasteiger partial charge in [-0.2, -0.15) is 0 Å². The Balaban J connectivity index is 2.09. The van der Waals surface area contributed by atoms with E-state index in [0.29, 0.717) is 10.0 Å². The van der Waals surface area contributed by atoms with E-state index in [1.165, 1.54) is 0 Å². The van der Waals surface area contributed by atoms with Gasteiger partial charge in [-0.05, 0) is 37.5 Å². The lowest BCUT2D eigenvalue weighted by molar-refractivity contribution is 0.221. The normalized spacial score (nSPS) is 19.5. The van der Waals surface area contributed by atoms with Crippen LogP contribution in [0.3, 0.4) is 0 Å². The highest BCUT2D eigenvalue weighted by Gasteiger charge is 2.42. The van der Waals surface area contributed by atoms with E-state index in [1.807, 2.05) is 12.1 Å². The van der Waals surface area contributed by atoms with Crippen LogP contribution in [0.1, 0.15) is 31.4 Å². The van der Waals surface area contributed by atoms with Gasteiger partial charge in [-0.1, -0.05) is 29.3 Å². The van der Waals surface area contributed by atoms with Crippen molar-refractivity contribution in [1.29, 1.82) is 0 Å². The number of hydrogen-bond donors (Lipinski definition) is 2. The zero-order valence-corrected chi connectivity index (χ0v) is 10.6. The number of benzene rings is 1. The number of rotatable bonds is 4. The first-order valence-electron chi connectivity index (χ1n) is 5.40. The van der Waals surface area contributed by atoms with Crippen LogP contribution in [0, 0.1) is 0 Å². The predicted molar refractivity (Wildman–Crippen MR) is 67.1 cm³/mol. The summed E-state index contributed by atoms with van der Waals surface area (Å²) in [5.41, 5.74) is 1.03. The molecular formula is C12H15Cl2NO. The lowest BCUT2D eigenvalue weighted by atomic mass is 10.1. The molecule has 1 aliphatic carbocycles. The van der Waals surface area contributed by atoms with E-state index in [4.69, 9.17) is 23.2 Å². The first-order chi connectivity index (χ1) is 7.56. The molecule has 0 heterocycles. The van der Waals surface area contributed by atoms with Gasteiger partial charge in [0.15, 0.2) is 0 Å². The number of aliphatic hydroxyl groups is 1. The molecule has 1 aromatic carbocycles. The summed E-state index contributed by atoms with van der Waals surface area (Å²) in [6.07, 6.45) is 2.07. The van der Waals surface area contributed by atoms with Crippen molar-refractivity contribution in [1.82, 2.24) is 5.32 Å². The first kappa shape index (κ1) is 12.2. The average Bonchev–Trinajstić information content (AvgIpc) is 3.02. The Morgan fingerprint density at radius 3 is 2.56 bits per heavy atom. The maximum atomic E-state index is 9.24. The van der Waals surface area contributed by atoms with Crippen molar-refractivity contribution in [3.8, 4) is 0 Å². The summed E-state index contributed by atoms with van der Waals surface area (Å²) < 4.78 is 0. The fourth-order valence-corrected chi connectivity index (χ4v) is 2.13. The topological polar surface area (TPSA) is 32.3 Å². The summed E-state index contributed by atoms with van der Waals surface area (Å²) in [5.74, 6) is 0. The van der Waals surface area contributed by atoms with Crippen LogP contribution in [-0.2, 0) is 0 Å². The molecule has 1 fully saturated rings. The average molecular weight is 260 g/mol. The molecule has 1 unspecified atom stereocenters. The lowest BCUT2D eigenvalue weighted by Crippen LogP contribution is -2.36. The molecule has 2 nitrogen and oxygen atoms in total. The van der Waals surface area contributed by atoms with Crippen molar-refractivity contribution < 1.29 is 5.11 Å². The Morgan fingerprint density at radius 2 is 2.06 bits per heavy atom. The largest absolute Gasteiger partial charge is 0.394 e. The zero-order valence-electron chi connectivity index (χ0n) is 9.13. The SMILES string of the molecule is CC(NC1(CO)CC1)c1ccc(Cl)c(Cl)c1. The van der Waals surface area contributed by atoms with Gasteiger partial charge in [0.2, 0.25) is 0 Å². The molecule has 1 atom stereocenters. The van der Waals surface area contributed by atoms with Crippen LogP contribution in [0.15, 0.2) is 18.2 Å². The molecular weight excluding hydrogens is 245 g/mol. The quantitative estimate of drug-likeness (QED) is 0.871. The van der Waals surface area contributed by atoms with Gasteiger partial charge in [-0.3, -0.25) is 0 Å². The number of nitrogens with one attached hydrogen (secondary N) is 1. The molecule has 0 aliphatic heterocycles. The molecule has 4 heteroatoms. The van der Waals surface area contributed by atoms with E-state index < -0.39 is 0 Å². The van der Waals surface area contributed by atoms with E-state index in [1.54, 1.807) is 6.07 Å². The molecule has 0 saturated heterocycles. The van der Waals surface area contributed by atoms with Crippen LogP contribution in [0.5, 0.6) is 0 Å². The van der Waals surface area contributed by atoms with Crippen LogP contribution in [-0.4, -0.2) is 17.3 Å². The second-order valence-corrected chi connectivity index (χ2v) is 5.29. The minimum Gasteiger partial charge on any atom is -0.394 e. The van der Waals surface area contributed by atoms with Crippen LogP contribution in [0.25, 0.3) is 0 Å². The fraction of sp³-hybridized carbons (Fsp3) is 0.500. The minimum atomic E-state index is -0.0640. The second-order valence-electron chi connectivity index (χ2n) is 4.48. The van der Waals surface area contributed by atoms with Crippen LogP contribution >= 0.6 is 23.2 Å².